The summed E-state index contributed by atoms with van der Waals surface area (Å²) < 4.78 is 5.38. The second-order valence-electron chi connectivity index (χ2n) is 8.70. The molecule has 1 rings (SSSR count). The van der Waals surface area contributed by atoms with Crippen molar-refractivity contribution in [1.82, 2.24) is 10.6 Å². The summed E-state index contributed by atoms with van der Waals surface area (Å²) in [5, 5.41) is 5.43. The molecule has 0 saturated heterocycles. The highest BCUT2D eigenvalue weighted by Gasteiger charge is 2.37. The topological polar surface area (TPSA) is 84.5 Å². The summed E-state index contributed by atoms with van der Waals surface area (Å²) in [6, 6.07) is -1.82. The first-order chi connectivity index (χ1) is 11.5. The van der Waals surface area contributed by atoms with Crippen LogP contribution in [0.3, 0.4) is 0 Å². The van der Waals surface area contributed by atoms with E-state index >= 15 is 0 Å². The SMILES string of the molecule is CC(C)[C@H](NC(=O)N[C@H](C=O)C1(C)CCCCC1)C(=O)OC(C)(C)C. The molecule has 0 aromatic carbocycles. The number of nitrogens with one attached hydrogen (secondary N) is 2. The molecule has 0 bridgehead atoms. The van der Waals surface area contributed by atoms with E-state index in [9.17, 15) is 14.4 Å². The molecule has 1 aliphatic carbocycles. The van der Waals surface area contributed by atoms with Crippen LogP contribution in [-0.2, 0) is 14.3 Å². The van der Waals surface area contributed by atoms with Crippen LogP contribution in [0.5, 0.6) is 0 Å². The second kappa shape index (κ2) is 8.68. The van der Waals surface area contributed by atoms with Gasteiger partial charge in [-0.1, -0.05) is 40.0 Å². The fourth-order valence-corrected chi connectivity index (χ4v) is 3.23. The van der Waals surface area contributed by atoms with Gasteiger partial charge in [-0.05, 0) is 44.9 Å². The molecule has 1 fully saturated rings. The van der Waals surface area contributed by atoms with Crippen LogP contribution in [0.25, 0.3) is 0 Å². The van der Waals surface area contributed by atoms with Crippen molar-refractivity contribution >= 4 is 18.3 Å². The maximum Gasteiger partial charge on any atom is 0.329 e. The number of urea groups is 1. The zero-order chi connectivity index (χ0) is 19.3. The minimum Gasteiger partial charge on any atom is -0.458 e. The zero-order valence-corrected chi connectivity index (χ0v) is 16.5. The summed E-state index contributed by atoms with van der Waals surface area (Å²) in [7, 11) is 0. The zero-order valence-electron chi connectivity index (χ0n) is 16.5. The quantitative estimate of drug-likeness (QED) is 0.567. The van der Waals surface area contributed by atoms with Gasteiger partial charge in [0.25, 0.3) is 0 Å². The molecule has 2 atom stereocenters. The van der Waals surface area contributed by atoms with E-state index in [0.717, 1.165) is 32.0 Å². The van der Waals surface area contributed by atoms with Crippen LogP contribution in [0.1, 0.15) is 73.6 Å². The Balaban J connectivity index is 2.73. The number of hydrogen-bond acceptors (Lipinski definition) is 4. The number of carbonyl (C=O) groups excluding carboxylic acids is 3. The Bertz CT molecular complexity index is 476. The maximum atomic E-state index is 12.4. The molecular weight excluding hydrogens is 320 g/mol. The Morgan fingerprint density at radius 2 is 1.64 bits per heavy atom. The molecule has 25 heavy (non-hydrogen) atoms. The third-order valence-electron chi connectivity index (χ3n) is 4.78. The molecule has 0 aromatic heterocycles. The van der Waals surface area contributed by atoms with Gasteiger partial charge in [0.1, 0.15) is 17.9 Å². The Morgan fingerprint density at radius 3 is 2.08 bits per heavy atom. The molecule has 0 aromatic rings. The molecule has 0 aliphatic heterocycles. The van der Waals surface area contributed by atoms with Gasteiger partial charge >= 0.3 is 12.0 Å². The summed E-state index contributed by atoms with van der Waals surface area (Å²) in [6.45, 7) is 11.1. The first-order valence-corrected chi connectivity index (χ1v) is 9.24. The molecule has 0 radical (unpaired) electrons. The Kier molecular flexibility index (Phi) is 7.44. The van der Waals surface area contributed by atoms with Crippen LogP contribution in [0, 0.1) is 11.3 Å². The molecule has 0 spiro atoms. The third-order valence-corrected chi connectivity index (χ3v) is 4.78. The lowest BCUT2D eigenvalue weighted by Crippen LogP contribution is -2.56. The second-order valence-corrected chi connectivity index (χ2v) is 8.70. The van der Waals surface area contributed by atoms with E-state index < -0.39 is 29.7 Å². The normalized spacial score (nSPS) is 19.6. The van der Waals surface area contributed by atoms with Gasteiger partial charge in [0, 0.05) is 0 Å². The average Bonchev–Trinajstić information content (AvgIpc) is 2.48. The summed E-state index contributed by atoms with van der Waals surface area (Å²) in [5.41, 5.74) is -0.847. The van der Waals surface area contributed by atoms with Gasteiger partial charge in [0.05, 0.1) is 6.04 Å². The maximum absolute atomic E-state index is 12.4. The van der Waals surface area contributed by atoms with Crippen molar-refractivity contribution in [3.05, 3.63) is 0 Å². The van der Waals surface area contributed by atoms with Crippen LogP contribution in [0.4, 0.5) is 4.79 Å². The number of esters is 1. The molecule has 1 aliphatic rings. The Labute approximate surface area is 151 Å². The van der Waals surface area contributed by atoms with E-state index in [-0.39, 0.29) is 11.3 Å². The van der Waals surface area contributed by atoms with Crippen LogP contribution in [0.15, 0.2) is 0 Å². The van der Waals surface area contributed by atoms with Crippen LogP contribution >= 0.6 is 0 Å². The number of aldehydes is 1. The fourth-order valence-electron chi connectivity index (χ4n) is 3.23. The largest absolute Gasteiger partial charge is 0.458 e. The molecule has 2 amide bonds. The monoisotopic (exact) mass is 354 g/mol. The molecule has 1 saturated carbocycles. The standard InChI is InChI=1S/C19H34N2O4/c1-13(2)15(16(23)25-18(3,4)5)21-17(24)20-14(12-22)19(6)10-8-7-9-11-19/h12-15H,7-11H2,1-6H3,(H2,20,21,24)/t14-,15+/m1/s1. The first kappa shape index (κ1) is 21.5. The van der Waals surface area contributed by atoms with Crippen LogP contribution < -0.4 is 10.6 Å². The summed E-state index contributed by atoms with van der Waals surface area (Å²) in [5.74, 6) is -0.593. The number of amides is 2. The molecule has 144 valence electrons. The minimum absolute atomic E-state index is 0.124. The van der Waals surface area contributed by atoms with E-state index in [4.69, 9.17) is 4.74 Å². The highest BCUT2D eigenvalue weighted by molar-refractivity contribution is 5.85. The number of rotatable bonds is 6. The lowest BCUT2D eigenvalue weighted by molar-refractivity contribution is -0.158. The van der Waals surface area contributed by atoms with Crippen molar-refractivity contribution < 1.29 is 19.1 Å². The van der Waals surface area contributed by atoms with E-state index in [1.807, 2.05) is 20.8 Å². The van der Waals surface area contributed by atoms with Gasteiger partial charge < -0.3 is 20.2 Å². The van der Waals surface area contributed by atoms with Crippen molar-refractivity contribution in [2.45, 2.75) is 91.3 Å². The van der Waals surface area contributed by atoms with Crippen molar-refractivity contribution in [1.29, 1.82) is 0 Å². The third kappa shape index (κ3) is 6.67. The van der Waals surface area contributed by atoms with E-state index in [1.54, 1.807) is 20.8 Å². The minimum atomic E-state index is -0.759. The first-order valence-electron chi connectivity index (χ1n) is 9.24. The summed E-state index contributed by atoms with van der Waals surface area (Å²) in [4.78, 5) is 36.3. The lowest BCUT2D eigenvalue weighted by Gasteiger charge is -2.38. The van der Waals surface area contributed by atoms with Gasteiger partial charge in [-0.15, -0.1) is 0 Å². The molecule has 6 nitrogen and oxygen atoms in total. The van der Waals surface area contributed by atoms with Crippen molar-refractivity contribution in [2.75, 3.05) is 0 Å². The smallest absolute Gasteiger partial charge is 0.329 e. The molecule has 0 unspecified atom stereocenters. The van der Waals surface area contributed by atoms with Gasteiger partial charge in [-0.2, -0.15) is 0 Å². The average molecular weight is 354 g/mol. The van der Waals surface area contributed by atoms with E-state index in [2.05, 4.69) is 10.6 Å². The predicted molar refractivity (Wildman–Crippen MR) is 97.2 cm³/mol. The summed E-state index contributed by atoms with van der Waals surface area (Å²) >= 11 is 0. The van der Waals surface area contributed by atoms with Crippen molar-refractivity contribution in [3.63, 3.8) is 0 Å². The Hall–Kier alpha value is -1.59. The number of ether oxygens (including phenoxy) is 1. The van der Waals surface area contributed by atoms with Crippen molar-refractivity contribution in [2.24, 2.45) is 11.3 Å². The Morgan fingerprint density at radius 1 is 1.08 bits per heavy atom. The van der Waals surface area contributed by atoms with Gasteiger partial charge in [-0.3, -0.25) is 0 Å². The van der Waals surface area contributed by atoms with E-state index in [1.165, 1.54) is 6.42 Å². The highest BCUT2D eigenvalue weighted by Crippen LogP contribution is 2.38. The van der Waals surface area contributed by atoms with Gasteiger partial charge in [0.2, 0.25) is 0 Å². The van der Waals surface area contributed by atoms with Crippen molar-refractivity contribution in [3.8, 4) is 0 Å². The highest BCUT2D eigenvalue weighted by atomic mass is 16.6. The van der Waals surface area contributed by atoms with Crippen LogP contribution in [0.2, 0.25) is 0 Å². The molecule has 0 heterocycles. The predicted octanol–water partition coefficient (Wildman–Crippen LogP) is 3.19. The number of hydrogen-bond donors (Lipinski definition) is 2. The van der Waals surface area contributed by atoms with Crippen LogP contribution in [-0.4, -0.2) is 36.0 Å². The lowest BCUT2D eigenvalue weighted by atomic mass is 9.71. The summed E-state index contributed by atoms with van der Waals surface area (Å²) in [6.07, 6.45) is 5.93. The number of carbonyl (C=O) groups is 3. The van der Waals surface area contributed by atoms with E-state index in [0.29, 0.717) is 0 Å². The molecular formula is C19H34N2O4. The molecule has 2 N–H and O–H groups in total. The van der Waals surface area contributed by atoms with Gasteiger partial charge in [0.15, 0.2) is 0 Å². The fraction of sp³-hybridized carbons (Fsp3) is 0.842. The molecule has 6 heteroatoms. The van der Waals surface area contributed by atoms with Gasteiger partial charge in [-0.25, -0.2) is 9.59 Å².